The molecule has 1 atom stereocenters. The fraction of sp³-hybridized carbons (Fsp3) is 0.0909. The Morgan fingerprint density at radius 1 is 1.12 bits per heavy atom. The highest BCUT2D eigenvalue weighted by Gasteiger charge is 2.17. The maximum absolute atomic E-state index is 10.4. The van der Waals surface area contributed by atoms with Crippen molar-refractivity contribution < 1.29 is 5.11 Å². The molecule has 90 valence electrons. The fourth-order valence-electron chi connectivity index (χ4n) is 1.38. The minimum absolute atomic E-state index is 0.605. The second-order valence-corrected chi connectivity index (χ2v) is 8.69. The number of hydrogen-bond donors (Lipinski definition) is 1. The predicted molar refractivity (Wildman–Crippen MR) is 90.6 cm³/mol. The van der Waals surface area contributed by atoms with Gasteiger partial charge < -0.3 is 5.11 Å². The Kier molecular flexibility index (Phi) is 5.11. The van der Waals surface area contributed by atoms with E-state index in [0.717, 1.165) is 26.7 Å². The van der Waals surface area contributed by atoms with Crippen LogP contribution in [0.4, 0.5) is 0 Å². The molecule has 2 aromatic rings. The number of aliphatic hydroxyl groups is 1. The Morgan fingerprint density at radius 3 is 2.41 bits per heavy atom. The largest absolute Gasteiger partial charge is 0.383 e. The van der Waals surface area contributed by atoms with Gasteiger partial charge in [0.15, 0.2) is 0 Å². The number of benzene rings is 1. The molecule has 1 N–H and O–H groups in total. The molecule has 0 saturated heterocycles. The van der Waals surface area contributed by atoms with Crippen molar-refractivity contribution in [2.45, 2.75) is 6.10 Å². The molecule has 0 radical (unpaired) electrons. The molecule has 0 aliphatic rings. The van der Waals surface area contributed by atoms with Crippen LogP contribution in [0.3, 0.4) is 0 Å². The average molecular weight is 553 g/mol. The summed E-state index contributed by atoms with van der Waals surface area (Å²) in [6.07, 6.45) is -0.605. The first-order chi connectivity index (χ1) is 7.99. The highest BCUT2D eigenvalue weighted by Crippen LogP contribution is 2.39. The summed E-state index contributed by atoms with van der Waals surface area (Å²) in [5.74, 6) is 0. The summed E-state index contributed by atoms with van der Waals surface area (Å²) in [6, 6.07) is 7.88. The Bertz CT molecular complexity index is 536. The minimum atomic E-state index is -0.605. The van der Waals surface area contributed by atoms with Crippen LogP contribution in [-0.4, -0.2) is 5.11 Å². The second-order valence-electron chi connectivity index (χ2n) is 3.34. The lowest BCUT2D eigenvalue weighted by atomic mass is 10.1. The van der Waals surface area contributed by atoms with E-state index in [1.165, 1.54) is 11.3 Å². The highest BCUT2D eigenvalue weighted by atomic mass is 127. The molecule has 1 nitrogen and oxygen atoms in total. The molecule has 0 aliphatic heterocycles. The van der Waals surface area contributed by atoms with Crippen molar-refractivity contribution in [3.63, 3.8) is 0 Å². The van der Waals surface area contributed by atoms with Crippen LogP contribution in [0.2, 0.25) is 0 Å². The van der Waals surface area contributed by atoms with Crippen LogP contribution in [0.25, 0.3) is 0 Å². The third-order valence-electron chi connectivity index (χ3n) is 2.19. The molecule has 1 unspecified atom stereocenters. The van der Waals surface area contributed by atoms with Crippen LogP contribution in [0.15, 0.2) is 37.0 Å². The summed E-state index contributed by atoms with van der Waals surface area (Å²) in [6.45, 7) is 0. The summed E-state index contributed by atoms with van der Waals surface area (Å²) < 4.78 is 3.99. The predicted octanol–water partition coefficient (Wildman–Crippen LogP) is 5.72. The van der Waals surface area contributed by atoms with E-state index in [1.54, 1.807) is 0 Å². The van der Waals surface area contributed by atoms with E-state index >= 15 is 0 Å². The normalized spacial score (nSPS) is 12.8. The maximum atomic E-state index is 10.4. The molecule has 0 aliphatic carbocycles. The zero-order valence-electron chi connectivity index (χ0n) is 8.25. The van der Waals surface area contributed by atoms with Gasteiger partial charge >= 0.3 is 0 Å². The Morgan fingerprint density at radius 2 is 1.82 bits per heavy atom. The Hall–Kier alpha value is 1.05. The van der Waals surface area contributed by atoms with Crippen molar-refractivity contribution in [1.82, 2.24) is 0 Å². The van der Waals surface area contributed by atoms with Gasteiger partial charge in [-0.3, -0.25) is 0 Å². The number of halogens is 4. The summed E-state index contributed by atoms with van der Waals surface area (Å²) in [5.41, 5.74) is 0.887. The average Bonchev–Trinajstić information content (AvgIpc) is 2.62. The molecule has 0 bridgehead atoms. The quantitative estimate of drug-likeness (QED) is 0.473. The zero-order valence-corrected chi connectivity index (χ0v) is 16.0. The van der Waals surface area contributed by atoms with Crippen molar-refractivity contribution >= 4 is 81.7 Å². The smallest absolute Gasteiger partial charge is 0.114 e. The Balaban J connectivity index is 2.42. The summed E-state index contributed by atoms with van der Waals surface area (Å²) in [5, 5.41) is 10.4. The van der Waals surface area contributed by atoms with E-state index in [1.807, 2.05) is 24.3 Å². The molecule has 1 aromatic carbocycles. The van der Waals surface area contributed by atoms with Gasteiger partial charge in [-0.1, -0.05) is 15.9 Å². The van der Waals surface area contributed by atoms with Gasteiger partial charge in [-0.2, -0.15) is 0 Å². The number of aliphatic hydroxyl groups excluding tert-OH is 1. The van der Waals surface area contributed by atoms with Crippen LogP contribution in [0, 0.1) is 3.57 Å². The first-order valence-corrected chi connectivity index (χ1v) is 8.84. The monoisotopic (exact) mass is 550 g/mol. The number of rotatable bonds is 2. The number of thiophene rings is 1. The summed E-state index contributed by atoms with van der Waals surface area (Å²) in [7, 11) is 0. The minimum Gasteiger partial charge on any atom is -0.383 e. The molecule has 2 rings (SSSR count). The van der Waals surface area contributed by atoms with Crippen molar-refractivity contribution in [1.29, 1.82) is 0 Å². The van der Waals surface area contributed by atoms with E-state index < -0.39 is 6.10 Å². The van der Waals surface area contributed by atoms with Crippen molar-refractivity contribution in [2.75, 3.05) is 0 Å². The Labute approximate surface area is 142 Å². The van der Waals surface area contributed by atoms with E-state index in [0.29, 0.717) is 0 Å². The fourth-order valence-corrected chi connectivity index (χ4v) is 4.45. The van der Waals surface area contributed by atoms with Gasteiger partial charge in [0.25, 0.3) is 0 Å². The molecular formula is C11H6Br3IOS. The van der Waals surface area contributed by atoms with Gasteiger partial charge in [-0.15, -0.1) is 11.3 Å². The third kappa shape index (κ3) is 3.33. The molecule has 0 saturated carbocycles. The van der Waals surface area contributed by atoms with Crippen LogP contribution in [-0.2, 0) is 0 Å². The lowest BCUT2D eigenvalue weighted by Gasteiger charge is -2.11. The maximum Gasteiger partial charge on any atom is 0.114 e. The zero-order chi connectivity index (χ0) is 12.6. The summed E-state index contributed by atoms with van der Waals surface area (Å²) in [4.78, 5) is 0.909. The van der Waals surface area contributed by atoms with Gasteiger partial charge in [-0.25, -0.2) is 0 Å². The van der Waals surface area contributed by atoms with Crippen LogP contribution in [0.5, 0.6) is 0 Å². The first-order valence-electron chi connectivity index (χ1n) is 4.57. The molecule has 1 heterocycles. The van der Waals surface area contributed by atoms with Crippen LogP contribution >= 0.6 is 81.7 Å². The molecule has 0 fully saturated rings. The molecule has 0 spiro atoms. The molecule has 6 heteroatoms. The van der Waals surface area contributed by atoms with Crippen molar-refractivity contribution in [3.05, 3.63) is 51.0 Å². The SMILES string of the molecule is OC(c1cc(Br)c(Br)s1)c1cc(I)ccc1Br. The van der Waals surface area contributed by atoms with Gasteiger partial charge in [0.05, 0.1) is 3.79 Å². The van der Waals surface area contributed by atoms with Gasteiger partial charge in [0.2, 0.25) is 0 Å². The van der Waals surface area contributed by atoms with Gasteiger partial charge in [-0.05, 0) is 78.7 Å². The van der Waals surface area contributed by atoms with Crippen LogP contribution < -0.4 is 0 Å². The topological polar surface area (TPSA) is 20.2 Å². The van der Waals surface area contributed by atoms with E-state index in [2.05, 4.69) is 70.4 Å². The third-order valence-corrected chi connectivity index (χ3v) is 6.89. The van der Waals surface area contributed by atoms with E-state index in [4.69, 9.17) is 0 Å². The van der Waals surface area contributed by atoms with Gasteiger partial charge in [0.1, 0.15) is 6.10 Å². The van der Waals surface area contributed by atoms with Crippen LogP contribution in [0.1, 0.15) is 16.5 Å². The highest BCUT2D eigenvalue weighted by molar-refractivity contribution is 14.1. The van der Waals surface area contributed by atoms with Gasteiger partial charge in [0, 0.05) is 23.0 Å². The van der Waals surface area contributed by atoms with E-state index in [9.17, 15) is 5.11 Å². The lowest BCUT2D eigenvalue weighted by molar-refractivity contribution is 0.223. The standard InChI is InChI=1S/C11H6Br3IOS/c12-7-2-1-5(15)3-6(7)10(16)9-4-8(13)11(14)17-9/h1-4,10,16H. The first kappa shape index (κ1) is 14.5. The molecule has 1 aromatic heterocycles. The summed E-state index contributed by atoms with van der Waals surface area (Å²) >= 11 is 14.1. The second kappa shape index (κ2) is 6.00. The van der Waals surface area contributed by atoms with Crippen molar-refractivity contribution in [3.8, 4) is 0 Å². The number of hydrogen-bond acceptors (Lipinski definition) is 2. The molecule has 0 amide bonds. The van der Waals surface area contributed by atoms with Crippen molar-refractivity contribution in [2.24, 2.45) is 0 Å². The molecular weight excluding hydrogens is 547 g/mol. The van der Waals surface area contributed by atoms with E-state index in [-0.39, 0.29) is 0 Å². The molecule has 17 heavy (non-hydrogen) atoms. The lowest BCUT2D eigenvalue weighted by Crippen LogP contribution is -1.98.